The van der Waals surface area contributed by atoms with Gasteiger partial charge in [0.05, 0.1) is 12.7 Å². The predicted molar refractivity (Wildman–Crippen MR) is 111 cm³/mol. The molecule has 0 aliphatic carbocycles. The molecule has 0 unspecified atom stereocenters. The SMILES string of the molecule is CCCCCCCCCCCCCC(=O)N[C@H](CSC[C@H](O)CO)C(=O)O. The Morgan fingerprint density at radius 2 is 1.41 bits per heavy atom. The highest BCUT2D eigenvalue weighted by Gasteiger charge is 2.20. The van der Waals surface area contributed by atoms with Crippen LogP contribution in [0.3, 0.4) is 0 Å². The number of thioether (sulfide) groups is 1. The van der Waals surface area contributed by atoms with E-state index in [0.717, 1.165) is 19.3 Å². The van der Waals surface area contributed by atoms with Crippen molar-refractivity contribution in [3.8, 4) is 0 Å². The molecule has 0 saturated carbocycles. The van der Waals surface area contributed by atoms with Crippen LogP contribution in [-0.2, 0) is 9.59 Å². The number of carboxylic acid groups (broad SMARTS) is 1. The van der Waals surface area contributed by atoms with Crippen LogP contribution in [0.1, 0.15) is 84.0 Å². The van der Waals surface area contributed by atoms with E-state index in [9.17, 15) is 14.7 Å². The molecule has 7 heteroatoms. The molecule has 0 rings (SSSR count). The van der Waals surface area contributed by atoms with Gasteiger partial charge in [-0.3, -0.25) is 4.79 Å². The number of aliphatic hydroxyl groups is 2. The molecule has 0 aromatic rings. The summed E-state index contributed by atoms with van der Waals surface area (Å²) >= 11 is 1.20. The van der Waals surface area contributed by atoms with Crippen LogP contribution < -0.4 is 5.32 Å². The van der Waals surface area contributed by atoms with Gasteiger partial charge in [0.15, 0.2) is 0 Å². The first kappa shape index (κ1) is 26.2. The molecule has 0 bridgehead atoms. The predicted octanol–water partition coefficient (Wildman–Crippen LogP) is 3.34. The zero-order valence-corrected chi connectivity index (χ0v) is 17.6. The van der Waals surface area contributed by atoms with Crippen molar-refractivity contribution in [3.05, 3.63) is 0 Å². The molecule has 0 spiro atoms. The lowest BCUT2D eigenvalue weighted by molar-refractivity contribution is -0.141. The number of aliphatic hydroxyl groups excluding tert-OH is 2. The Bertz CT molecular complexity index is 381. The minimum Gasteiger partial charge on any atom is -0.480 e. The first-order valence-corrected chi connectivity index (χ1v) is 11.6. The molecular formula is C20H39NO5S. The molecule has 4 N–H and O–H groups in total. The lowest BCUT2D eigenvalue weighted by Gasteiger charge is -2.15. The summed E-state index contributed by atoms with van der Waals surface area (Å²) in [4.78, 5) is 23.1. The van der Waals surface area contributed by atoms with E-state index in [1.54, 1.807) is 0 Å². The number of rotatable bonds is 19. The van der Waals surface area contributed by atoms with Crippen molar-refractivity contribution in [2.24, 2.45) is 0 Å². The van der Waals surface area contributed by atoms with Gasteiger partial charge in [0.25, 0.3) is 0 Å². The summed E-state index contributed by atoms with van der Waals surface area (Å²) in [6, 6.07) is -0.957. The van der Waals surface area contributed by atoms with Crippen LogP contribution in [0.15, 0.2) is 0 Å². The van der Waals surface area contributed by atoms with Crippen molar-refractivity contribution < 1.29 is 24.9 Å². The summed E-state index contributed by atoms with van der Waals surface area (Å²) in [6.07, 6.45) is 12.8. The Labute approximate surface area is 168 Å². The quantitative estimate of drug-likeness (QED) is 0.246. The van der Waals surface area contributed by atoms with Gasteiger partial charge in [-0.15, -0.1) is 0 Å². The van der Waals surface area contributed by atoms with Crippen molar-refractivity contribution >= 4 is 23.6 Å². The van der Waals surface area contributed by atoms with Gasteiger partial charge in [-0.1, -0.05) is 71.1 Å². The maximum atomic E-state index is 11.9. The molecule has 0 aromatic carbocycles. The van der Waals surface area contributed by atoms with Gasteiger partial charge < -0.3 is 20.6 Å². The molecule has 6 nitrogen and oxygen atoms in total. The van der Waals surface area contributed by atoms with Crippen molar-refractivity contribution in [2.75, 3.05) is 18.1 Å². The van der Waals surface area contributed by atoms with E-state index in [4.69, 9.17) is 10.2 Å². The van der Waals surface area contributed by atoms with Crippen molar-refractivity contribution in [1.29, 1.82) is 0 Å². The number of carboxylic acids is 1. The molecule has 1 amide bonds. The highest BCUT2D eigenvalue weighted by molar-refractivity contribution is 7.99. The van der Waals surface area contributed by atoms with Crippen LogP contribution >= 0.6 is 11.8 Å². The maximum Gasteiger partial charge on any atom is 0.327 e. The smallest absolute Gasteiger partial charge is 0.327 e. The van der Waals surface area contributed by atoms with E-state index >= 15 is 0 Å². The first-order valence-electron chi connectivity index (χ1n) is 10.4. The van der Waals surface area contributed by atoms with Gasteiger partial charge in [-0.2, -0.15) is 11.8 Å². The number of aliphatic carboxylic acids is 1. The number of carbonyl (C=O) groups excluding carboxylic acids is 1. The number of nitrogens with one attached hydrogen (secondary N) is 1. The first-order chi connectivity index (χ1) is 13.0. The van der Waals surface area contributed by atoms with Crippen LogP contribution in [0.25, 0.3) is 0 Å². The van der Waals surface area contributed by atoms with E-state index in [0.29, 0.717) is 6.42 Å². The highest BCUT2D eigenvalue weighted by Crippen LogP contribution is 2.12. The van der Waals surface area contributed by atoms with Crippen LogP contribution in [0.5, 0.6) is 0 Å². The number of hydrogen-bond acceptors (Lipinski definition) is 5. The summed E-state index contributed by atoms with van der Waals surface area (Å²) in [6.45, 7) is 1.88. The summed E-state index contributed by atoms with van der Waals surface area (Å²) < 4.78 is 0. The molecule has 160 valence electrons. The fraction of sp³-hybridized carbons (Fsp3) is 0.900. The third-order valence-electron chi connectivity index (χ3n) is 4.45. The molecule has 2 atom stereocenters. The molecule has 27 heavy (non-hydrogen) atoms. The number of amides is 1. The standard InChI is InChI=1S/C20H39NO5S/c1-2-3-4-5-6-7-8-9-10-11-12-13-19(24)21-18(20(25)26)16-27-15-17(23)14-22/h17-18,22-23H,2-16H2,1H3,(H,21,24)(H,25,26)/t17-,18-/m1/s1. The van der Waals surface area contributed by atoms with Gasteiger partial charge in [0.2, 0.25) is 5.91 Å². The van der Waals surface area contributed by atoms with Crippen LogP contribution in [0.4, 0.5) is 0 Å². The Hall–Kier alpha value is -0.790. The highest BCUT2D eigenvalue weighted by atomic mass is 32.2. The van der Waals surface area contributed by atoms with Crippen molar-refractivity contribution in [3.63, 3.8) is 0 Å². The summed E-state index contributed by atoms with van der Waals surface area (Å²) in [7, 11) is 0. The summed E-state index contributed by atoms with van der Waals surface area (Å²) in [5.74, 6) is -0.889. The van der Waals surface area contributed by atoms with Gasteiger partial charge in [-0.25, -0.2) is 4.79 Å². The molecule has 0 aliphatic heterocycles. The molecule has 0 fully saturated rings. The average molecular weight is 406 g/mol. The second-order valence-electron chi connectivity index (χ2n) is 7.12. The zero-order valence-electron chi connectivity index (χ0n) is 16.8. The average Bonchev–Trinajstić information content (AvgIpc) is 2.64. The molecule has 0 radical (unpaired) electrons. The topological polar surface area (TPSA) is 107 Å². The Morgan fingerprint density at radius 1 is 0.889 bits per heavy atom. The third-order valence-corrected chi connectivity index (χ3v) is 5.64. The van der Waals surface area contributed by atoms with Crippen LogP contribution in [0.2, 0.25) is 0 Å². The van der Waals surface area contributed by atoms with E-state index in [-0.39, 0.29) is 24.0 Å². The van der Waals surface area contributed by atoms with Crippen LogP contribution in [0, 0.1) is 0 Å². The lowest BCUT2D eigenvalue weighted by atomic mass is 10.1. The van der Waals surface area contributed by atoms with E-state index in [1.165, 1.54) is 63.1 Å². The fourth-order valence-corrected chi connectivity index (χ4v) is 3.74. The largest absolute Gasteiger partial charge is 0.480 e. The molecule has 0 aromatic heterocycles. The Balaban J connectivity index is 3.65. The van der Waals surface area contributed by atoms with Gasteiger partial charge in [0, 0.05) is 17.9 Å². The third kappa shape index (κ3) is 17.1. The van der Waals surface area contributed by atoms with E-state index < -0.39 is 18.1 Å². The fourth-order valence-electron chi connectivity index (χ4n) is 2.77. The maximum absolute atomic E-state index is 11.9. The van der Waals surface area contributed by atoms with Gasteiger partial charge >= 0.3 is 5.97 Å². The second-order valence-corrected chi connectivity index (χ2v) is 8.19. The Morgan fingerprint density at radius 3 is 1.89 bits per heavy atom. The molecule has 0 heterocycles. The monoisotopic (exact) mass is 405 g/mol. The minimum atomic E-state index is -1.08. The summed E-state index contributed by atoms with van der Waals surface area (Å²) in [5, 5.41) is 29.7. The molecule has 0 aliphatic rings. The lowest BCUT2D eigenvalue weighted by Crippen LogP contribution is -2.42. The van der Waals surface area contributed by atoms with Crippen molar-refractivity contribution in [1.82, 2.24) is 5.32 Å². The molecule has 0 saturated heterocycles. The number of carbonyl (C=O) groups is 2. The minimum absolute atomic E-state index is 0.177. The van der Waals surface area contributed by atoms with Crippen molar-refractivity contribution in [2.45, 2.75) is 96.1 Å². The zero-order chi connectivity index (χ0) is 20.3. The second kappa shape index (κ2) is 18.6. The summed E-state index contributed by atoms with van der Waals surface area (Å²) in [5.41, 5.74) is 0. The van der Waals surface area contributed by atoms with Gasteiger partial charge in [0.1, 0.15) is 6.04 Å². The van der Waals surface area contributed by atoms with Gasteiger partial charge in [-0.05, 0) is 6.42 Å². The number of unbranched alkanes of at least 4 members (excludes halogenated alkanes) is 10. The normalized spacial score (nSPS) is 13.3. The van der Waals surface area contributed by atoms with E-state index in [1.807, 2.05) is 0 Å². The molecular weight excluding hydrogens is 366 g/mol. The van der Waals surface area contributed by atoms with Crippen LogP contribution in [-0.4, -0.2) is 57.5 Å². The van der Waals surface area contributed by atoms with E-state index in [2.05, 4.69) is 12.2 Å². The Kier molecular flexibility index (Phi) is 18.0. The number of hydrogen-bond donors (Lipinski definition) is 4.